The molecule has 0 heterocycles. The maximum absolute atomic E-state index is 12.1. The highest BCUT2D eigenvalue weighted by molar-refractivity contribution is 6.32. The SMILES string of the molecule is CCCCCC(O)CC[C@H]1CCC(=O)[C@@H]1CCCCCC(=O)C(=O)O. The van der Waals surface area contributed by atoms with Crippen molar-refractivity contribution in [3.63, 3.8) is 0 Å². The second-order valence-corrected chi connectivity index (χ2v) is 7.43. The van der Waals surface area contributed by atoms with E-state index in [4.69, 9.17) is 5.11 Å². The van der Waals surface area contributed by atoms with Gasteiger partial charge in [-0.25, -0.2) is 4.79 Å². The van der Waals surface area contributed by atoms with Crippen molar-refractivity contribution in [2.45, 2.75) is 96.5 Å². The lowest BCUT2D eigenvalue weighted by Gasteiger charge is -2.20. The van der Waals surface area contributed by atoms with Crippen molar-refractivity contribution in [2.75, 3.05) is 0 Å². The van der Waals surface area contributed by atoms with Crippen LogP contribution in [-0.2, 0) is 14.4 Å². The molecule has 144 valence electrons. The summed E-state index contributed by atoms with van der Waals surface area (Å²) in [5.74, 6) is -1.27. The molecule has 0 bridgehead atoms. The van der Waals surface area contributed by atoms with Crippen molar-refractivity contribution in [3.05, 3.63) is 0 Å². The Balaban J connectivity index is 2.23. The molecule has 5 nitrogen and oxygen atoms in total. The van der Waals surface area contributed by atoms with Crippen LogP contribution in [0.15, 0.2) is 0 Å². The lowest BCUT2D eigenvalue weighted by molar-refractivity contribution is -0.149. The molecule has 1 rings (SSSR count). The number of Topliss-reactive ketones (excluding diaryl/α,β-unsaturated/α-hetero) is 2. The molecule has 0 spiro atoms. The molecule has 1 fully saturated rings. The number of aliphatic hydroxyl groups excluding tert-OH is 1. The fourth-order valence-electron chi connectivity index (χ4n) is 3.83. The van der Waals surface area contributed by atoms with Gasteiger partial charge < -0.3 is 10.2 Å². The summed E-state index contributed by atoms with van der Waals surface area (Å²) in [6.07, 6.45) is 10.4. The third-order valence-corrected chi connectivity index (χ3v) is 5.41. The number of hydrogen-bond acceptors (Lipinski definition) is 4. The Morgan fingerprint density at radius 3 is 2.52 bits per heavy atom. The molecule has 0 saturated heterocycles. The molecule has 5 heteroatoms. The van der Waals surface area contributed by atoms with Gasteiger partial charge >= 0.3 is 5.97 Å². The number of rotatable bonds is 14. The number of unbranched alkanes of at least 4 members (excludes halogenated alkanes) is 4. The maximum Gasteiger partial charge on any atom is 0.372 e. The minimum atomic E-state index is -1.36. The smallest absolute Gasteiger partial charge is 0.372 e. The third kappa shape index (κ3) is 8.61. The quantitative estimate of drug-likeness (QED) is 0.364. The van der Waals surface area contributed by atoms with Crippen LogP contribution in [0.1, 0.15) is 90.4 Å². The summed E-state index contributed by atoms with van der Waals surface area (Å²) in [6, 6.07) is 0. The third-order valence-electron chi connectivity index (χ3n) is 5.41. The number of aliphatic hydroxyl groups is 1. The van der Waals surface area contributed by atoms with Crippen molar-refractivity contribution in [2.24, 2.45) is 11.8 Å². The Hall–Kier alpha value is -1.23. The van der Waals surface area contributed by atoms with Crippen molar-refractivity contribution >= 4 is 17.5 Å². The molecular formula is C20H34O5. The molecule has 1 aliphatic carbocycles. The van der Waals surface area contributed by atoms with Crippen LogP contribution in [0.5, 0.6) is 0 Å². The van der Waals surface area contributed by atoms with E-state index in [9.17, 15) is 19.5 Å². The summed E-state index contributed by atoms with van der Waals surface area (Å²) >= 11 is 0. The Morgan fingerprint density at radius 2 is 1.84 bits per heavy atom. The van der Waals surface area contributed by atoms with Crippen LogP contribution in [0.25, 0.3) is 0 Å². The molecule has 0 radical (unpaired) electrons. The predicted molar refractivity (Wildman–Crippen MR) is 96.3 cm³/mol. The van der Waals surface area contributed by atoms with Crippen molar-refractivity contribution in [3.8, 4) is 0 Å². The number of carboxylic acid groups (broad SMARTS) is 1. The summed E-state index contributed by atoms with van der Waals surface area (Å²) in [4.78, 5) is 33.6. The van der Waals surface area contributed by atoms with E-state index >= 15 is 0 Å². The Kier molecular flexibility index (Phi) is 10.6. The highest BCUT2D eigenvalue weighted by Gasteiger charge is 2.33. The average molecular weight is 354 g/mol. The molecule has 0 aliphatic heterocycles. The van der Waals surface area contributed by atoms with E-state index in [0.717, 1.165) is 64.2 Å². The summed E-state index contributed by atoms with van der Waals surface area (Å²) in [5, 5.41) is 18.6. The first-order chi connectivity index (χ1) is 12.0. The average Bonchev–Trinajstić information content (AvgIpc) is 2.92. The first-order valence-electron chi connectivity index (χ1n) is 9.92. The number of aliphatic carboxylic acids is 1. The molecule has 0 aromatic carbocycles. The van der Waals surface area contributed by atoms with E-state index < -0.39 is 11.8 Å². The van der Waals surface area contributed by atoms with Gasteiger partial charge in [0.2, 0.25) is 5.78 Å². The predicted octanol–water partition coefficient (Wildman–Crippen LogP) is 3.91. The van der Waals surface area contributed by atoms with E-state index in [-0.39, 0.29) is 18.4 Å². The van der Waals surface area contributed by atoms with Crippen LogP contribution >= 0.6 is 0 Å². The number of carbonyl (C=O) groups is 3. The van der Waals surface area contributed by atoms with Gasteiger partial charge in [0.25, 0.3) is 0 Å². The molecule has 1 unspecified atom stereocenters. The van der Waals surface area contributed by atoms with Crippen LogP contribution in [0.3, 0.4) is 0 Å². The van der Waals surface area contributed by atoms with Gasteiger partial charge in [-0.3, -0.25) is 9.59 Å². The number of carboxylic acids is 1. The number of ketones is 2. The van der Waals surface area contributed by atoms with Crippen LogP contribution in [0, 0.1) is 11.8 Å². The highest BCUT2D eigenvalue weighted by Crippen LogP contribution is 2.36. The normalized spacial score (nSPS) is 21.4. The summed E-state index contributed by atoms with van der Waals surface area (Å²) in [5.41, 5.74) is 0. The second-order valence-electron chi connectivity index (χ2n) is 7.43. The molecule has 3 atom stereocenters. The van der Waals surface area contributed by atoms with Crippen molar-refractivity contribution in [1.29, 1.82) is 0 Å². The van der Waals surface area contributed by atoms with Gasteiger partial charge in [-0.05, 0) is 44.4 Å². The lowest BCUT2D eigenvalue weighted by Crippen LogP contribution is -2.17. The minimum Gasteiger partial charge on any atom is -0.476 e. The molecule has 2 N–H and O–H groups in total. The zero-order valence-electron chi connectivity index (χ0n) is 15.5. The van der Waals surface area contributed by atoms with Gasteiger partial charge in [0.1, 0.15) is 5.78 Å². The van der Waals surface area contributed by atoms with Crippen molar-refractivity contribution < 1.29 is 24.6 Å². The fraction of sp³-hybridized carbons (Fsp3) is 0.850. The van der Waals surface area contributed by atoms with Gasteiger partial charge in [-0.1, -0.05) is 39.0 Å². The van der Waals surface area contributed by atoms with E-state index in [0.29, 0.717) is 24.5 Å². The molecule has 0 aromatic rings. The first kappa shape index (κ1) is 21.8. The largest absolute Gasteiger partial charge is 0.476 e. The van der Waals surface area contributed by atoms with Gasteiger partial charge in [-0.15, -0.1) is 0 Å². The van der Waals surface area contributed by atoms with Gasteiger partial charge in [0, 0.05) is 18.8 Å². The molecule has 25 heavy (non-hydrogen) atoms. The fourth-order valence-corrected chi connectivity index (χ4v) is 3.83. The topological polar surface area (TPSA) is 91.7 Å². The monoisotopic (exact) mass is 354 g/mol. The zero-order chi connectivity index (χ0) is 18.7. The van der Waals surface area contributed by atoms with Crippen LogP contribution in [0.2, 0.25) is 0 Å². The standard InChI is InChI=1S/C20H34O5/c1-2-3-5-8-16(21)13-11-15-12-14-18(22)17(15)9-6-4-7-10-19(23)20(24)25/h15-17,21H,2-14H2,1H3,(H,24,25)/t15-,16?,17+/m0/s1. The molecule has 1 aliphatic rings. The molecule has 0 amide bonds. The van der Waals surface area contributed by atoms with Crippen molar-refractivity contribution in [1.82, 2.24) is 0 Å². The number of carbonyl (C=O) groups excluding carboxylic acids is 2. The maximum atomic E-state index is 12.1. The van der Waals surface area contributed by atoms with Gasteiger partial charge in [0.05, 0.1) is 6.10 Å². The van der Waals surface area contributed by atoms with E-state index in [1.54, 1.807) is 0 Å². The van der Waals surface area contributed by atoms with E-state index in [1.807, 2.05) is 0 Å². The van der Waals surface area contributed by atoms with E-state index in [1.165, 1.54) is 0 Å². The van der Waals surface area contributed by atoms with Gasteiger partial charge in [-0.2, -0.15) is 0 Å². The molecule has 0 aromatic heterocycles. The lowest BCUT2D eigenvalue weighted by atomic mass is 9.86. The van der Waals surface area contributed by atoms with E-state index in [2.05, 4.69) is 6.92 Å². The van der Waals surface area contributed by atoms with Crippen LogP contribution in [-0.4, -0.2) is 33.9 Å². The summed E-state index contributed by atoms with van der Waals surface area (Å²) in [7, 11) is 0. The first-order valence-corrected chi connectivity index (χ1v) is 9.92. The molecular weight excluding hydrogens is 320 g/mol. The minimum absolute atomic E-state index is 0.0847. The number of hydrogen-bond donors (Lipinski definition) is 2. The Labute approximate surface area is 151 Å². The Bertz CT molecular complexity index is 432. The highest BCUT2D eigenvalue weighted by atomic mass is 16.4. The summed E-state index contributed by atoms with van der Waals surface area (Å²) in [6.45, 7) is 2.15. The Morgan fingerprint density at radius 1 is 1.08 bits per heavy atom. The second kappa shape index (κ2) is 12.2. The zero-order valence-corrected chi connectivity index (χ0v) is 15.5. The summed E-state index contributed by atoms with van der Waals surface area (Å²) < 4.78 is 0. The van der Waals surface area contributed by atoms with Gasteiger partial charge in [0.15, 0.2) is 0 Å². The molecule has 1 saturated carbocycles. The van der Waals surface area contributed by atoms with Crippen LogP contribution < -0.4 is 0 Å². The van der Waals surface area contributed by atoms with Crippen LogP contribution in [0.4, 0.5) is 0 Å².